The minimum absolute atomic E-state index is 0.0437. The summed E-state index contributed by atoms with van der Waals surface area (Å²) in [6.45, 7) is 3.47. The van der Waals surface area contributed by atoms with Gasteiger partial charge in [0.1, 0.15) is 6.54 Å². The third-order valence-electron chi connectivity index (χ3n) is 5.30. The molecule has 1 saturated carbocycles. The first-order valence-electron chi connectivity index (χ1n) is 9.34. The van der Waals surface area contributed by atoms with Crippen molar-refractivity contribution in [3.63, 3.8) is 0 Å². The number of aryl methyl sites for hydroxylation is 2. The van der Waals surface area contributed by atoms with E-state index >= 15 is 0 Å². The highest BCUT2D eigenvalue weighted by Crippen LogP contribution is 2.43. The topological polar surface area (TPSA) is 77.6 Å². The van der Waals surface area contributed by atoms with Crippen molar-refractivity contribution in [2.45, 2.75) is 51.9 Å². The standard InChI is InChI=1S/C19H21F3N6O/c1-10-17-14(19(20,21)22)6-15(12-4-5-12)25-18(17)28(26-10)9-16(29)23-7-13-8-24-27(3)11(13)2/h6,8,12H,4-5,7,9H2,1-3H3,(H,23,29). The molecule has 0 unspecified atom stereocenters. The summed E-state index contributed by atoms with van der Waals surface area (Å²) in [5, 5.41) is 11.0. The van der Waals surface area contributed by atoms with Gasteiger partial charge in [0.05, 0.1) is 22.8 Å². The Morgan fingerprint density at radius 3 is 2.62 bits per heavy atom. The Hall–Kier alpha value is -2.91. The fourth-order valence-corrected chi connectivity index (χ4v) is 3.40. The van der Waals surface area contributed by atoms with E-state index in [-0.39, 0.29) is 41.6 Å². The van der Waals surface area contributed by atoms with Gasteiger partial charge in [0.25, 0.3) is 0 Å². The van der Waals surface area contributed by atoms with Gasteiger partial charge in [0, 0.05) is 36.5 Å². The SMILES string of the molecule is Cc1nn(CC(=O)NCc2cnn(C)c2C)c2nc(C3CC3)cc(C(F)(F)F)c12. The van der Waals surface area contributed by atoms with E-state index in [9.17, 15) is 18.0 Å². The largest absolute Gasteiger partial charge is 0.417 e. The van der Waals surface area contributed by atoms with Crippen molar-refractivity contribution in [3.05, 3.63) is 40.5 Å². The average Bonchev–Trinajstić information content (AvgIpc) is 3.39. The lowest BCUT2D eigenvalue weighted by Gasteiger charge is -2.11. The van der Waals surface area contributed by atoms with Crippen molar-refractivity contribution < 1.29 is 18.0 Å². The molecular weight excluding hydrogens is 385 g/mol. The van der Waals surface area contributed by atoms with E-state index in [1.54, 1.807) is 17.9 Å². The van der Waals surface area contributed by atoms with Crippen LogP contribution in [0.25, 0.3) is 11.0 Å². The maximum atomic E-state index is 13.6. The molecule has 0 spiro atoms. The maximum Gasteiger partial charge on any atom is 0.417 e. The number of hydrogen-bond acceptors (Lipinski definition) is 4. The highest BCUT2D eigenvalue weighted by Gasteiger charge is 2.37. The molecule has 1 aliphatic carbocycles. The van der Waals surface area contributed by atoms with E-state index in [2.05, 4.69) is 20.5 Å². The van der Waals surface area contributed by atoms with Gasteiger partial charge in [-0.2, -0.15) is 23.4 Å². The number of hydrogen-bond donors (Lipinski definition) is 1. The van der Waals surface area contributed by atoms with E-state index in [0.717, 1.165) is 30.2 Å². The Morgan fingerprint density at radius 1 is 1.31 bits per heavy atom. The Balaban J connectivity index is 1.62. The summed E-state index contributed by atoms with van der Waals surface area (Å²) in [4.78, 5) is 16.8. The molecule has 7 nitrogen and oxygen atoms in total. The molecule has 29 heavy (non-hydrogen) atoms. The van der Waals surface area contributed by atoms with Crippen molar-refractivity contribution in [2.24, 2.45) is 7.05 Å². The average molecular weight is 406 g/mol. The van der Waals surface area contributed by atoms with Gasteiger partial charge in [0.15, 0.2) is 5.65 Å². The van der Waals surface area contributed by atoms with Gasteiger partial charge >= 0.3 is 6.18 Å². The van der Waals surface area contributed by atoms with E-state index in [1.165, 1.54) is 11.6 Å². The van der Waals surface area contributed by atoms with Crippen molar-refractivity contribution >= 4 is 16.9 Å². The van der Waals surface area contributed by atoms with Gasteiger partial charge in [-0.1, -0.05) is 0 Å². The second-order valence-electron chi connectivity index (χ2n) is 7.46. The molecule has 3 aromatic heterocycles. The maximum absolute atomic E-state index is 13.6. The Labute approximate surface area is 164 Å². The molecule has 0 bridgehead atoms. The number of rotatable bonds is 5. The molecule has 1 N–H and O–H groups in total. The van der Waals surface area contributed by atoms with Crippen LogP contribution in [0.4, 0.5) is 13.2 Å². The number of nitrogens with one attached hydrogen (secondary N) is 1. The highest BCUT2D eigenvalue weighted by molar-refractivity contribution is 5.85. The summed E-state index contributed by atoms with van der Waals surface area (Å²) < 4.78 is 43.9. The van der Waals surface area contributed by atoms with E-state index < -0.39 is 11.7 Å². The monoisotopic (exact) mass is 406 g/mol. The number of pyridine rings is 1. The number of amides is 1. The number of aromatic nitrogens is 5. The summed E-state index contributed by atoms with van der Waals surface area (Å²) in [6, 6.07) is 1.13. The van der Waals surface area contributed by atoms with Crippen LogP contribution in [0.3, 0.4) is 0 Å². The van der Waals surface area contributed by atoms with Gasteiger partial charge in [0.2, 0.25) is 5.91 Å². The van der Waals surface area contributed by atoms with Crippen LogP contribution in [0, 0.1) is 13.8 Å². The molecule has 154 valence electrons. The fraction of sp³-hybridized carbons (Fsp3) is 0.474. The minimum atomic E-state index is -4.51. The first-order valence-corrected chi connectivity index (χ1v) is 9.34. The number of carbonyl (C=O) groups excluding carboxylic acids is 1. The molecular formula is C19H21F3N6O. The predicted molar refractivity (Wildman–Crippen MR) is 99.0 cm³/mol. The zero-order valence-electron chi connectivity index (χ0n) is 16.3. The van der Waals surface area contributed by atoms with Crippen LogP contribution in [-0.2, 0) is 31.1 Å². The smallest absolute Gasteiger partial charge is 0.350 e. The van der Waals surface area contributed by atoms with Gasteiger partial charge < -0.3 is 5.32 Å². The van der Waals surface area contributed by atoms with Crippen LogP contribution in [0.2, 0.25) is 0 Å². The van der Waals surface area contributed by atoms with Crippen LogP contribution in [-0.4, -0.2) is 30.5 Å². The normalized spacial score (nSPS) is 14.6. The number of halogens is 3. The minimum Gasteiger partial charge on any atom is -0.350 e. The van der Waals surface area contributed by atoms with Crippen molar-refractivity contribution in [1.82, 2.24) is 29.9 Å². The molecule has 1 amide bonds. The van der Waals surface area contributed by atoms with Crippen LogP contribution in [0.5, 0.6) is 0 Å². The van der Waals surface area contributed by atoms with Gasteiger partial charge in [-0.3, -0.25) is 9.48 Å². The summed E-state index contributed by atoms with van der Waals surface area (Å²) in [5.41, 5.74) is 1.79. The molecule has 10 heteroatoms. The second-order valence-corrected chi connectivity index (χ2v) is 7.46. The van der Waals surface area contributed by atoms with E-state index in [1.807, 2.05) is 6.92 Å². The summed E-state index contributed by atoms with van der Waals surface area (Å²) in [6.07, 6.45) is -1.19. The molecule has 3 heterocycles. The Bertz CT molecular complexity index is 1090. The zero-order chi connectivity index (χ0) is 20.9. The Kier molecular flexibility index (Phi) is 4.59. The molecule has 1 aliphatic rings. The molecule has 0 saturated heterocycles. The predicted octanol–water partition coefficient (Wildman–Crippen LogP) is 2.99. The lowest BCUT2D eigenvalue weighted by Crippen LogP contribution is -2.28. The zero-order valence-corrected chi connectivity index (χ0v) is 16.3. The van der Waals surface area contributed by atoms with Crippen molar-refractivity contribution in [3.8, 4) is 0 Å². The summed E-state index contributed by atoms with van der Waals surface area (Å²) >= 11 is 0. The molecule has 1 fully saturated rings. The summed E-state index contributed by atoms with van der Waals surface area (Å²) in [5.74, 6) is -0.309. The lowest BCUT2D eigenvalue weighted by atomic mass is 10.1. The lowest BCUT2D eigenvalue weighted by molar-refractivity contribution is -0.136. The third-order valence-corrected chi connectivity index (χ3v) is 5.30. The van der Waals surface area contributed by atoms with Crippen molar-refractivity contribution in [1.29, 1.82) is 0 Å². The quantitative estimate of drug-likeness (QED) is 0.707. The first-order chi connectivity index (χ1) is 13.6. The molecule has 0 radical (unpaired) electrons. The van der Waals surface area contributed by atoms with Gasteiger partial charge in [-0.05, 0) is 32.8 Å². The van der Waals surface area contributed by atoms with Crippen LogP contribution in [0.15, 0.2) is 12.3 Å². The summed E-state index contributed by atoms with van der Waals surface area (Å²) in [7, 11) is 1.81. The van der Waals surface area contributed by atoms with E-state index in [4.69, 9.17) is 0 Å². The number of fused-ring (bicyclic) bond motifs is 1. The Morgan fingerprint density at radius 2 is 2.03 bits per heavy atom. The second kappa shape index (κ2) is 6.85. The molecule has 0 aliphatic heterocycles. The molecule has 4 rings (SSSR count). The van der Waals surface area contributed by atoms with Crippen LogP contribution >= 0.6 is 0 Å². The van der Waals surface area contributed by atoms with Crippen molar-refractivity contribution in [2.75, 3.05) is 0 Å². The molecule has 3 aromatic rings. The first kappa shape index (κ1) is 19.4. The van der Waals surface area contributed by atoms with Gasteiger partial charge in [-0.15, -0.1) is 0 Å². The molecule has 0 aromatic carbocycles. The van der Waals surface area contributed by atoms with Crippen LogP contribution < -0.4 is 5.32 Å². The highest BCUT2D eigenvalue weighted by atomic mass is 19.4. The number of carbonyl (C=O) groups is 1. The number of alkyl halides is 3. The third kappa shape index (κ3) is 3.70. The van der Waals surface area contributed by atoms with Gasteiger partial charge in [-0.25, -0.2) is 9.67 Å². The number of nitrogens with zero attached hydrogens (tertiary/aromatic N) is 5. The van der Waals surface area contributed by atoms with E-state index in [0.29, 0.717) is 5.69 Å². The van der Waals surface area contributed by atoms with Crippen LogP contribution in [0.1, 0.15) is 47.0 Å². The molecule has 0 atom stereocenters. The fourth-order valence-electron chi connectivity index (χ4n) is 3.40.